The van der Waals surface area contributed by atoms with Crippen molar-refractivity contribution in [2.24, 2.45) is 5.41 Å². The van der Waals surface area contributed by atoms with Gasteiger partial charge in [-0.1, -0.05) is 0 Å². The van der Waals surface area contributed by atoms with Gasteiger partial charge >= 0.3 is 0 Å². The van der Waals surface area contributed by atoms with Crippen molar-refractivity contribution in [2.75, 3.05) is 0 Å². The Labute approximate surface area is 111 Å². The predicted molar refractivity (Wildman–Crippen MR) is 69.9 cm³/mol. The first-order chi connectivity index (χ1) is 9.15. The standard InChI is InChI=1S/C15H16N2O2/c16-9-8-15(6-7-15)10-17-12-2-1-3-13(18)11(12)4-5-14(17)19/h4-5H,1-3,6-8,10H2. The van der Waals surface area contributed by atoms with Gasteiger partial charge in [-0.05, 0) is 31.7 Å². The zero-order valence-electron chi connectivity index (χ0n) is 10.8. The molecule has 0 atom stereocenters. The lowest BCUT2D eigenvalue weighted by Gasteiger charge is -2.22. The number of aromatic nitrogens is 1. The average molecular weight is 256 g/mol. The molecular formula is C15H16N2O2. The highest BCUT2D eigenvalue weighted by Gasteiger charge is 2.43. The van der Waals surface area contributed by atoms with Crippen LogP contribution in [0.3, 0.4) is 0 Å². The molecule has 0 radical (unpaired) electrons. The Morgan fingerprint density at radius 2 is 2.05 bits per heavy atom. The highest BCUT2D eigenvalue weighted by atomic mass is 16.1. The van der Waals surface area contributed by atoms with Crippen molar-refractivity contribution >= 4 is 5.78 Å². The first kappa shape index (κ1) is 12.2. The summed E-state index contributed by atoms with van der Waals surface area (Å²) in [6, 6.07) is 5.37. The minimum atomic E-state index is -0.0438. The number of nitriles is 1. The van der Waals surface area contributed by atoms with Crippen molar-refractivity contribution in [3.63, 3.8) is 0 Å². The Morgan fingerprint density at radius 3 is 2.74 bits per heavy atom. The fourth-order valence-corrected chi connectivity index (χ4v) is 2.94. The van der Waals surface area contributed by atoms with Gasteiger partial charge in [0.05, 0.1) is 6.07 Å². The van der Waals surface area contributed by atoms with E-state index in [0.29, 0.717) is 24.9 Å². The Morgan fingerprint density at radius 1 is 1.26 bits per heavy atom. The largest absolute Gasteiger partial charge is 0.311 e. The maximum Gasteiger partial charge on any atom is 0.250 e. The number of carbonyl (C=O) groups is 1. The molecule has 0 spiro atoms. The normalized spacial score (nSPS) is 19.6. The highest BCUT2D eigenvalue weighted by Crippen LogP contribution is 2.50. The lowest BCUT2D eigenvalue weighted by Crippen LogP contribution is -2.30. The molecule has 1 fully saturated rings. The van der Waals surface area contributed by atoms with Gasteiger partial charge in [0.2, 0.25) is 0 Å². The molecule has 0 unspecified atom stereocenters. The molecule has 1 saturated carbocycles. The molecule has 2 aliphatic rings. The summed E-state index contributed by atoms with van der Waals surface area (Å²) in [4.78, 5) is 24.0. The minimum Gasteiger partial charge on any atom is -0.311 e. The number of hydrogen-bond acceptors (Lipinski definition) is 3. The van der Waals surface area contributed by atoms with Crippen molar-refractivity contribution in [1.29, 1.82) is 5.26 Å². The fraction of sp³-hybridized carbons (Fsp3) is 0.533. The first-order valence-corrected chi connectivity index (χ1v) is 6.78. The topological polar surface area (TPSA) is 62.9 Å². The van der Waals surface area contributed by atoms with Crippen molar-refractivity contribution in [2.45, 2.75) is 45.1 Å². The third-order valence-corrected chi connectivity index (χ3v) is 4.32. The van der Waals surface area contributed by atoms with E-state index in [2.05, 4.69) is 6.07 Å². The number of rotatable bonds is 3. The minimum absolute atomic E-state index is 0.0196. The van der Waals surface area contributed by atoms with Crippen LogP contribution >= 0.6 is 0 Å². The Hall–Kier alpha value is -1.89. The SMILES string of the molecule is N#CCC1(Cn2c3c(ccc2=O)C(=O)CCC3)CC1. The summed E-state index contributed by atoms with van der Waals surface area (Å²) in [6.45, 7) is 0.593. The van der Waals surface area contributed by atoms with Crippen LogP contribution in [0.5, 0.6) is 0 Å². The molecule has 98 valence electrons. The lowest BCUT2D eigenvalue weighted by molar-refractivity contribution is 0.0970. The van der Waals surface area contributed by atoms with Crippen LogP contribution in [-0.2, 0) is 13.0 Å². The molecule has 1 aromatic rings. The summed E-state index contributed by atoms with van der Waals surface area (Å²) >= 11 is 0. The molecule has 3 rings (SSSR count). The van der Waals surface area contributed by atoms with Crippen LogP contribution in [0, 0.1) is 16.7 Å². The monoisotopic (exact) mass is 256 g/mol. The van der Waals surface area contributed by atoms with E-state index in [1.165, 1.54) is 6.07 Å². The summed E-state index contributed by atoms with van der Waals surface area (Å²) in [7, 11) is 0. The molecule has 1 aromatic heterocycles. The van der Waals surface area contributed by atoms with Gasteiger partial charge in [0.15, 0.2) is 5.78 Å². The van der Waals surface area contributed by atoms with Gasteiger partial charge in [0.1, 0.15) is 0 Å². The fourth-order valence-electron chi connectivity index (χ4n) is 2.94. The van der Waals surface area contributed by atoms with Crippen LogP contribution < -0.4 is 5.56 Å². The van der Waals surface area contributed by atoms with Crippen molar-refractivity contribution in [3.05, 3.63) is 33.7 Å². The molecule has 0 N–H and O–H groups in total. The lowest BCUT2D eigenvalue weighted by atomic mass is 9.93. The van der Waals surface area contributed by atoms with Gasteiger partial charge in [0, 0.05) is 42.1 Å². The van der Waals surface area contributed by atoms with E-state index in [1.54, 1.807) is 10.6 Å². The maximum absolute atomic E-state index is 12.1. The van der Waals surface area contributed by atoms with Crippen LogP contribution in [0.4, 0.5) is 0 Å². The zero-order valence-corrected chi connectivity index (χ0v) is 10.8. The second-order valence-corrected chi connectivity index (χ2v) is 5.73. The summed E-state index contributed by atoms with van der Waals surface area (Å²) in [6.07, 6.45) is 4.70. The van der Waals surface area contributed by atoms with E-state index >= 15 is 0 Å². The number of pyridine rings is 1. The second-order valence-electron chi connectivity index (χ2n) is 5.73. The molecule has 2 aliphatic carbocycles. The van der Waals surface area contributed by atoms with Gasteiger partial charge in [-0.2, -0.15) is 5.26 Å². The quantitative estimate of drug-likeness (QED) is 0.831. The molecular weight excluding hydrogens is 240 g/mol. The van der Waals surface area contributed by atoms with E-state index in [9.17, 15) is 9.59 Å². The average Bonchev–Trinajstić information content (AvgIpc) is 3.14. The molecule has 0 aromatic carbocycles. The van der Waals surface area contributed by atoms with Crippen LogP contribution in [0.25, 0.3) is 0 Å². The molecule has 0 bridgehead atoms. The Kier molecular flexibility index (Phi) is 2.78. The smallest absolute Gasteiger partial charge is 0.250 e. The zero-order chi connectivity index (χ0) is 13.5. The number of carbonyl (C=O) groups excluding carboxylic acids is 1. The molecule has 19 heavy (non-hydrogen) atoms. The second kappa shape index (κ2) is 4.34. The third kappa shape index (κ3) is 2.10. The van der Waals surface area contributed by atoms with E-state index in [-0.39, 0.29) is 16.8 Å². The first-order valence-electron chi connectivity index (χ1n) is 6.78. The highest BCUT2D eigenvalue weighted by molar-refractivity contribution is 5.97. The molecule has 0 saturated heterocycles. The molecule has 0 amide bonds. The third-order valence-electron chi connectivity index (χ3n) is 4.32. The number of ketones is 1. The van der Waals surface area contributed by atoms with Crippen LogP contribution in [0.2, 0.25) is 0 Å². The van der Waals surface area contributed by atoms with Gasteiger partial charge in [-0.3, -0.25) is 9.59 Å². The van der Waals surface area contributed by atoms with Gasteiger partial charge in [-0.25, -0.2) is 0 Å². The molecule has 0 aliphatic heterocycles. The van der Waals surface area contributed by atoms with Crippen LogP contribution in [-0.4, -0.2) is 10.4 Å². The van der Waals surface area contributed by atoms with Crippen molar-refractivity contribution in [1.82, 2.24) is 4.57 Å². The maximum atomic E-state index is 12.1. The van der Waals surface area contributed by atoms with E-state index in [0.717, 1.165) is 31.4 Å². The molecule has 4 nitrogen and oxygen atoms in total. The van der Waals surface area contributed by atoms with E-state index < -0.39 is 0 Å². The number of nitrogens with zero attached hydrogens (tertiary/aromatic N) is 2. The number of fused-ring (bicyclic) bond motifs is 1. The van der Waals surface area contributed by atoms with E-state index in [1.807, 2.05) is 0 Å². The summed E-state index contributed by atoms with van der Waals surface area (Å²) in [5, 5.41) is 8.88. The Balaban J connectivity index is 2.02. The molecule has 1 heterocycles. The predicted octanol–water partition coefficient (Wildman–Crippen LogP) is 2.06. The summed E-state index contributed by atoms with van der Waals surface area (Å²) in [5.41, 5.74) is 1.53. The Bertz CT molecular complexity index is 633. The summed E-state index contributed by atoms with van der Waals surface area (Å²) < 4.78 is 1.75. The van der Waals surface area contributed by atoms with Crippen LogP contribution in [0.1, 0.15) is 48.2 Å². The van der Waals surface area contributed by atoms with Gasteiger partial charge in [0.25, 0.3) is 5.56 Å². The van der Waals surface area contributed by atoms with Crippen LogP contribution in [0.15, 0.2) is 16.9 Å². The van der Waals surface area contributed by atoms with Crippen molar-refractivity contribution < 1.29 is 4.79 Å². The van der Waals surface area contributed by atoms with Gasteiger partial charge < -0.3 is 4.57 Å². The number of hydrogen-bond donors (Lipinski definition) is 0. The summed E-state index contributed by atoms with van der Waals surface area (Å²) in [5.74, 6) is 0.139. The molecule has 4 heteroatoms. The van der Waals surface area contributed by atoms with Gasteiger partial charge in [-0.15, -0.1) is 0 Å². The van der Waals surface area contributed by atoms with E-state index in [4.69, 9.17) is 5.26 Å². The van der Waals surface area contributed by atoms with Crippen molar-refractivity contribution in [3.8, 4) is 6.07 Å². The number of Topliss-reactive ketones (excluding diaryl/α,β-unsaturated/α-hetero) is 1.